The highest BCUT2D eigenvalue weighted by molar-refractivity contribution is 6.31. The van der Waals surface area contributed by atoms with Crippen molar-refractivity contribution in [1.29, 1.82) is 0 Å². The summed E-state index contributed by atoms with van der Waals surface area (Å²) in [5, 5.41) is 13.3. The first-order valence-electron chi connectivity index (χ1n) is 5.59. The van der Waals surface area contributed by atoms with Crippen molar-refractivity contribution in [2.24, 2.45) is 7.05 Å². The molecule has 0 saturated heterocycles. The fraction of sp³-hybridized carbons (Fsp3) is 0.250. The molecule has 0 fully saturated rings. The SMILES string of the molecule is COc1cc(Cl)cc(C(=O)O)c1OCc1ncnn1C. The van der Waals surface area contributed by atoms with Crippen molar-refractivity contribution >= 4 is 17.6 Å². The van der Waals surface area contributed by atoms with E-state index in [1.807, 2.05) is 0 Å². The zero-order valence-electron chi connectivity index (χ0n) is 10.8. The van der Waals surface area contributed by atoms with Crippen LogP contribution >= 0.6 is 11.6 Å². The van der Waals surface area contributed by atoms with E-state index in [-0.39, 0.29) is 28.7 Å². The Morgan fingerprint density at radius 1 is 1.50 bits per heavy atom. The molecule has 20 heavy (non-hydrogen) atoms. The van der Waals surface area contributed by atoms with Crippen LogP contribution in [0.4, 0.5) is 0 Å². The van der Waals surface area contributed by atoms with Gasteiger partial charge in [0.1, 0.15) is 18.5 Å². The smallest absolute Gasteiger partial charge is 0.339 e. The molecule has 0 unspecified atom stereocenters. The van der Waals surface area contributed by atoms with Crippen molar-refractivity contribution in [3.63, 3.8) is 0 Å². The van der Waals surface area contributed by atoms with Gasteiger partial charge >= 0.3 is 5.97 Å². The minimum absolute atomic E-state index is 0.0643. The molecule has 1 aromatic carbocycles. The normalized spacial score (nSPS) is 10.3. The molecule has 0 spiro atoms. The van der Waals surface area contributed by atoms with E-state index in [0.717, 1.165) is 0 Å². The van der Waals surface area contributed by atoms with Crippen molar-refractivity contribution < 1.29 is 19.4 Å². The summed E-state index contributed by atoms with van der Waals surface area (Å²) >= 11 is 5.84. The van der Waals surface area contributed by atoms with Gasteiger partial charge in [-0.05, 0) is 6.07 Å². The second kappa shape index (κ2) is 5.79. The van der Waals surface area contributed by atoms with Crippen molar-refractivity contribution in [2.75, 3.05) is 7.11 Å². The molecule has 0 saturated carbocycles. The van der Waals surface area contributed by atoms with Crippen LogP contribution in [0.25, 0.3) is 0 Å². The molecule has 0 atom stereocenters. The first-order chi connectivity index (χ1) is 9.52. The topological polar surface area (TPSA) is 86.5 Å². The summed E-state index contributed by atoms with van der Waals surface area (Å²) in [5.41, 5.74) is -0.0727. The minimum Gasteiger partial charge on any atom is -0.493 e. The molecule has 1 heterocycles. The Labute approximate surface area is 119 Å². The standard InChI is InChI=1S/C12H12ClN3O4/c1-16-10(14-6-15-16)5-20-11-8(12(17)18)3-7(13)4-9(11)19-2/h3-4,6H,5H2,1-2H3,(H,17,18). The van der Waals surface area contributed by atoms with Gasteiger partial charge < -0.3 is 14.6 Å². The number of rotatable bonds is 5. The third-order valence-electron chi connectivity index (χ3n) is 2.62. The first kappa shape index (κ1) is 14.1. The van der Waals surface area contributed by atoms with Gasteiger partial charge in [0.05, 0.1) is 7.11 Å². The number of carboxylic acid groups (broad SMARTS) is 1. The molecule has 0 radical (unpaired) electrons. The fourth-order valence-corrected chi connectivity index (χ4v) is 1.82. The van der Waals surface area contributed by atoms with E-state index in [4.69, 9.17) is 21.1 Å². The number of carbonyl (C=O) groups is 1. The van der Waals surface area contributed by atoms with E-state index in [9.17, 15) is 9.90 Å². The molecule has 2 rings (SSSR count). The average molecular weight is 298 g/mol. The minimum atomic E-state index is -1.15. The average Bonchev–Trinajstić information content (AvgIpc) is 2.81. The lowest BCUT2D eigenvalue weighted by Gasteiger charge is -2.13. The summed E-state index contributed by atoms with van der Waals surface area (Å²) in [6.45, 7) is 0.0643. The lowest BCUT2D eigenvalue weighted by atomic mass is 10.2. The summed E-state index contributed by atoms with van der Waals surface area (Å²) in [7, 11) is 3.12. The van der Waals surface area contributed by atoms with E-state index in [2.05, 4.69) is 10.1 Å². The third-order valence-corrected chi connectivity index (χ3v) is 2.84. The van der Waals surface area contributed by atoms with Crippen LogP contribution in [0, 0.1) is 0 Å². The number of hydrogen-bond acceptors (Lipinski definition) is 5. The lowest BCUT2D eigenvalue weighted by molar-refractivity contribution is 0.0690. The van der Waals surface area contributed by atoms with Crippen molar-refractivity contribution in [2.45, 2.75) is 6.61 Å². The highest BCUT2D eigenvalue weighted by Crippen LogP contribution is 2.35. The number of carboxylic acids is 1. The molecule has 0 bridgehead atoms. The Morgan fingerprint density at radius 2 is 2.25 bits per heavy atom. The number of benzene rings is 1. The summed E-state index contributed by atoms with van der Waals surface area (Å²) in [4.78, 5) is 15.2. The monoisotopic (exact) mass is 297 g/mol. The molecule has 1 aromatic heterocycles. The number of aromatic carboxylic acids is 1. The number of aryl methyl sites for hydroxylation is 1. The summed E-state index contributed by atoms with van der Waals surface area (Å²) in [6.07, 6.45) is 1.38. The Kier molecular flexibility index (Phi) is 4.09. The highest BCUT2D eigenvalue weighted by atomic mass is 35.5. The molecular formula is C12H12ClN3O4. The number of ether oxygens (including phenoxy) is 2. The van der Waals surface area contributed by atoms with Crippen LogP contribution in [0.5, 0.6) is 11.5 Å². The van der Waals surface area contributed by atoms with E-state index >= 15 is 0 Å². The number of halogens is 1. The van der Waals surface area contributed by atoms with Gasteiger partial charge in [-0.2, -0.15) is 5.10 Å². The molecular weight excluding hydrogens is 286 g/mol. The van der Waals surface area contributed by atoms with E-state index in [1.54, 1.807) is 7.05 Å². The maximum Gasteiger partial charge on any atom is 0.339 e. The van der Waals surface area contributed by atoms with Crippen LogP contribution in [0.3, 0.4) is 0 Å². The lowest BCUT2D eigenvalue weighted by Crippen LogP contribution is -2.08. The van der Waals surface area contributed by atoms with Gasteiger partial charge in [0, 0.05) is 18.1 Å². The fourth-order valence-electron chi connectivity index (χ4n) is 1.62. The van der Waals surface area contributed by atoms with E-state index in [1.165, 1.54) is 30.3 Å². The van der Waals surface area contributed by atoms with Crippen LogP contribution in [0.1, 0.15) is 16.2 Å². The van der Waals surface area contributed by atoms with Crippen molar-refractivity contribution in [1.82, 2.24) is 14.8 Å². The Hall–Kier alpha value is -2.28. The number of aromatic nitrogens is 3. The zero-order valence-corrected chi connectivity index (χ0v) is 11.6. The number of nitrogens with zero attached hydrogens (tertiary/aromatic N) is 3. The highest BCUT2D eigenvalue weighted by Gasteiger charge is 2.19. The van der Waals surface area contributed by atoms with Gasteiger partial charge in [-0.1, -0.05) is 11.6 Å². The number of hydrogen-bond donors (Lipinski definition) is 1. The van der Waals surface area contributed by atoms with Crippen LogP contribution < -0.4 is 9.47 Å². The number of methoxy groups -OCH3 is 1. The third kappa shape index (κ3) is 2.83. The summed E-state index contributed by atoms with van der Waals surface area (Å²) in [6, 6.07) is 2.79. The second-order valence-corrected chi connectivity index (χ2v) is 4.31. The van der Waals surface area contributed by atoms with Gasteiger partial charge in [-0.3, -0.25) is 4.68 Å². The van der Waals surface area contributed by atoms with Gasteiger partial charge in [0.15, 0.2) is 17.3 Å². The van der Waals surface area contributed by atoms with Crippen LogP contribution in [-0.4, -0.2) is 33.0 Å². The Morgan fingerprint density at radius 3 is 2.80 bits per heavy atom. The maximum atomic E-state index is 11.2. The second-order valence-electron chi connectivity index (χ2n) is 3.88. The van der Waals surface area contributed by atoms with Gasteiger partial charge in [-0.25, -0.2) is 9.78 Å². The molecule has 0 amide bonds. The van der Waals surface area contributed by atoms with Gasteiger partial charge in [-0.15, -0.1) is 0 Å². The summed E-state index contributed by atoms with van der Waals surface area (Å²) in [5.74, 6) is -0.249. The molecule has 0 aliphatic heterocycles. The predicted molar refractivity (Wildman–Crippen MR) is 70.3 cm³/mol. The largest absolute Gasteiger partial charge is 0.493 e. The van der Waals surface area contributed by atoms with Crippen molar-refractivity contribution in [3.8, 4) is 11.5 Å². The van der Waals surface area contributed by atoms with E-state index < -0.39 is 5.97 Å². The Balaban J connectivity index is 2.34. The predicted octanol–water partition coefficient (Wildman–Crippen LogP) is 1.75. The maximum absolute atomic E-state index is 11.2. The van der Waals surface area contributed by atoms with Gasteiger partial charge in [0.25, 0.3) is 0 Å². The molecule has 7 nitrogen and oxygen atoms in total. The van der Waals surface area contributed by atoms with Crippen LogP contribution in [-0.2, 0) is 13.7 Å². The first-order valence-corrected chi connectivity index (χ1v) is 5.97. The molecule has 8 heteroatoms. The molecule has 2 aromatic rings. The van der Waals surface area contributed by atoms with Crippen molar-refractivity contribution in [3.05, 3.63) is 34.9 Å². The molecule has 0 aliphatic carbocycles. The van der Waals surface area contributed by atoms with Gasteiger partial charge in [0.2, 0.25) is 0 Å². The van der Waals surface area contributed by atoms with Crippen LogP contribution in [0.15, 0.2) is 18.5 Å². The Bertz CT molecular complexity index is 642. The molecule has 106 valence electrons. The van der Waals surface area contributed by atoms with E-state index in [0.29, 0.717) is 5.82 Å². The summed E-state index contributed by atoms with van der Waals surface area (Å²) < 4.78 is 12.1. The molecule has 1 N–H and O–H groups in total. The van der Waals surface area contributed by atoms with Crippen LogP contribution in [0.2, 0.25) is 5.02 Å². The quantitative estimate of drug-likeness (QED) is 0.905. The molecule has 0 aliphatic rings. The zero-order chi connectivity index (χ0) is 14.7.